The molecule has 0 saturated carbocycles. The van der Waals surface area contributed by atoms with E-state index in [1.165, 1.54) is 6.92 Å². The van der Waals surface area contributed by atoms with Crippen LogP contribution in [0.4, 0.5) is 5.82 Å². The summed E-state index contributed by atoms with van der Waals surface area (Å²) in [5.41, 5.74) is 5.41. The molecule has 8 heavy (non-hydrogen) atoms. The molecule has 0 atom stereocenters. The molecule has 0 radical (unpaired) electrons. The normalized spacial score (nSPS) is 9.62. The summed E-state index contributed by atoms with van der Waals surface area (Å²) in [6.07, 6.45) is 0. The molecule has 0 bridgehead atoms. The summed E-state index contributed by atoms with van der Waals surface area (Å²) in [7, 11) is 0. The average Bonchev–Trinajstić information content (AvgIpc) is 1.98. The number of nitrogen functional groups attached to an aromatic ring is 1. The first-order valence-corrected chi connectivity index (χ1v) is 2.03. The summed E-state index contributed by atoms with van der Waals surface area (Å²) in [5.74, 6) is 0.139. The Morgan fingerprint density at radius 1 is 1.88 bits per heavy atom. The first-order valence-electron chi connectivity index (χ1n) is 2.03. The first kappa shape index (κ1) is 4.89. The van der Waals surface area contributed by atoms with Gasteiger partial charge in [0.1, 0.15) is 0 Å². The van der Waals surface area contributed by atoms with Crippen LogP contribution in [-0.4, -0.2) is 5.16 Å². The standard InChI is InChI=1S/C3H5N3O2/c1-2-3(4)5-8-6(2)7/h1H3,(H2,4,5). The molecule has 0 fully saturated rings. The minimum atomic E-state index is 0.139. The van der Waals surface area contributed by atoms with Gasteiger partial charge in [0.15, 0.2) is 0 Å². The predicted molar refractivity (Wildman–Crippen MR) is 24.6 cm³/mol. The van der Waals surface area contributed by atoms with Crippen molar-refractivity contribution in [3.05, 3.63) is 10.9 Å². The Bertz CT molecular complexity index is 175. The molecule has 0 aliphatic rings. The highest BCUT2D eigenvalue weighted by atomic mass is 16.8. The van der Waals surface area contributed by atoms with E-state index >= 15 is 0 Å². The van der Waals surface area contributed by atoms with Gasteiger partial charge in [-0.15, -0.1) is 0 Å². The maximum absolute atomic E-state index is 10.2. The lowest BCUT2D eigenvalue weighted by atomic mass is 10.5. The van der Waals surface area contributed by atoms with Gasteiger partial charge in [0.25, 0.3) is 0 Å². The highest BCUT2D eigenvalue weighted by Crippen LogP contribution is 1.96. The Kier molecular flexibility index (Phi) is 0.831. The van der Waals surface area contributed by atoms with Crippen molar-refractivity contribution in [2.75, 3.05) is 5.73 Å². The van der Waals surface area contributed by atoms with Gasteiger partial charge in [-0.05, 0) is 4.90 Å². The van der Waals surface area contributed by atoms with Crippen molar-refractivity contribution in [2.45, 2.75) is 6.92 Å². The smallest absolute Gasteiger partial charge is 0.307 e. The minimum Gasteiger partial charge on any atom is -0.359 e. The Balaban J connectivity index is 3.19. The number of nitrogens with two attached hydrogens (primary N) is 1. The number of hydrogen-bond acceptors (Lipinski definition) is 4. The minimum absolute atomic E-state index is 0.139. The van der Waals surface area contributed by atoms with E-state index in [-0.39, 0.29) is 10.7 Å². The van der Waals surface area contributed by atoms with E-state index in [1.807, 2.05) is 0 Å². The average molecular weight is 115 g/mol. The zero-order valence-corrected chi connectivity index (χ0v) is 4.29. The number of anilines is 1. The molecule has 0 saturated heterocycles. The van der Waals surface area contributed by atoms with Crippen LogP contribution in [0.25, 0.3) is 0 Å². The van der Waals surface area contributed by atoms with Gasteiger partial charge >= 0.3 is 5.82 Å². The van der Waals surface area contributed by atoms with Crippen molar-refractivity contribution < 1.29 is 9.53 Å². The molecule has 0 aliphatic carbocycles. The molecular weight excluding hydrogens is 110 g/mol. The summed E-state index contributed by atoms with van der Waals surface area (Å²) < 4.78 is 4.08. The fourth-order valence-electron chi connectivity index (χ4n) is 0.302. The third-order valence-electron chi connectivity index (χ3n) is 0.858. The molecule has 2 N–H and O–H groups in total. The van der Waals surface area contributed by atoms with E-state index in [4.69, 9.17) is 5.73 Å². The lowest BCUT2D eigenvalue weighted by molar-refractivity contribution is -0.806. The van der Waals surface area contributed by atoms with E-state index in [2.05, 4.69) is 9.79 Å². The SMILES string of the molecule is Cc1c(N)no[n+]1[O-]. The Hall–Kier alpha value is -1.26. The summed E-state index contributed by atoms with van der Waals surface area (Å²) in [4.78, 5) is 0.259. The Morgan fingerprint density at radius 3 is 2.62 bits per heavy atom. The molecule has 1 aromatic rings. The first-order chi connectivity index (χ1) is 3.72. The summed E-state index contributed by atoms with van der Waals surface area (Å²) in [6, 6.07) is 0. The summed E-state index contributed by atoms with van der Waals surface area (Å²) in [5, 5.41) is 13.4. The second kappa shape index (κ2) is 1.36. The fourth-order valence-corrected chi connectivity index (χ4v) is 0.302. The van der Waals surface area contributed by atoms with Gasteiger partial charge in [0, 0.05) is 6.92 Å². The van der Waals surface area contributed by atoms with Crippen LogP contribution in [0.15, 0.2) is 4.63 Å². The van der Waals surface area contributed by atoms with Crippen LogP contribution in [0, 0.1) is 12.1 Å². The largest absolute Gasteiger partial charge is 0.359 e. The second-order valence-corrected chi connectivity index (χ2v) is 1.40. The molecule has 5 nitrogen and oxygen atoms in total. The van der Waals surface area contributed by atoms with Gasteiger partial charge in [0.2, 0.25) is 5.69 Å². The van der Waals surface area contributed by atoms with Crippen LogP contribution in [0.2, 0.25) is 0 Å². The van der Waals surface area contributed by atoms with Gasteiger partial charge in [-0.2, -0.15) is 0 Å². The third-order valence-corrected chi connectivity index (χ3v) is 0.858. The highest BCUT2D eigenvalue weighted by molar-refractivity contribution is 5.26. The molecule has 44 valence electrons. The fraction of sp³-hybridized carbons (Fsp3) is 0.333. The molecule has 0 unspecified atom stereocenters. The molecule has 1 heterocycles. The summed E-state index contributed by atoms with van der Waals surface area (Å²) in [6.45, 7) is 1.53. The van der Waals surface area contributed by atoms with Crippen LogP contribution >= 0.6 is 0 Å². The zero-order chi connectivity index (χ0) is 6.15. The Morgan fingerprint density at radius 2 is 2.50 bits per heavy atom. The molecule has 5 heteroatoms. The number of rotatable bonds is 0. The van der Waals surface area contributed by atoms with E-state index in [9.17, 15) is 5.21 Å². The zero-order valence-electron chi connectivity index (χ0n) is 4.29. The molecular formula is C3H5N3O2. The monoisotopic (exact) mass is 115 g/mol. The van der Waals surface area contributed by atoms with Crippen molar-refractivity contribution in [3.8, 4) is 0 Å². The van der Waals surface area contributed by atoms with E-state index < -0.39 is 0 Å². The van der Waals surface area contributed by atoms with Crippen LogP contribution in [-0.2, 0) is 0 Å². The van der Waals surface area contributed by atoms with Crippen molar-refractivity contribution in [1.82, 2.24) is 5.16 Å². The van der Waals surface area contributed by atoms with Crippen LogP contribution < -0.4 is 10.6 Å². The number of aromatic nitrogens is 2. The van der Waals surface area contributed by atoms with Crippen LogP contribution in [0.1, 0.15) is 5.69 Å². The van der Waals surface area contributed by atoms with Gasteiger partial charge in [-0.25, -0.2) is 0 Å². The highest BCUT2D eigenvalue weighted by Gasteiger charge is 2.06. The van der Waals surface area contributed by atoms with Crippen molar-refractivity contribution in [3.63, 3.8) is 0 Å². The maximum atomic E-state index is 10.2. The molecule has 0 amide bonds. The van der Waals surface area contributed by atoms with Crippen molar-refractivity contribution >= 4 is 5.82 Å². The predicted octanol–water partition coefficient (Wildman–Crippen LogP) is -0.801. The lowest BCUT2D eigenvalue weighted by Gasteiger charge is -1.81. The molecule has 1 rings (SSSR count). The second-order valence-electron chi connectivity index (χ2n) is 1.40. The van der Waals surface area contributed by atoms with Crippen LogP contribution in [0.5, 0.6) is 0 Å². The van der Waals surface area contributed by atoms with Crippen LogP contribution in [0.3, 0.4) is 0 Å². The number of hydrogen-bond donors (Lipinski definition) is 1. The summed E-state index contributed by atoms with van der Waals surface area (Å²) >= 11 is 0. The topological polar surface area (TPSA) is 79.0 Å². The lowest BCUT2D eigenvalue weighted by Crippen LogP contribution is -2.25. The van der Waals surface area contributed by atoms with Gasteiger partial charge in [0.05, 0.1) is 5.16 Å². The van der Waals surface area contributed by atoms with E-state index in [0.29, 0.717) is 5.69 Å². The van der Waals surface area contributed by atoms with Crippen molar-refractivity contribution in [1.29, 1.82) is 0 Å². The van der Waals surface area contributed by atoms with Gasteiger partial charge < -0.3 is 10.9 Å². The molecule has 0 spiro atoms. The van der Waals surface area contributed by atoms with E-state index in [1.54, 1.807) is 0 Å². The Labute approximate surface area is 45.2 Å². The van der Waals surface area contributed by atoms with E-state index in [0.717, 1.165) is 0 Å². The maximum Gasteiger partial charge on any atom is 0.307 e. The van der Waals surface area contributed by atoms with Gasteiger partial charge in [-0.1, -0.05) is 0 Å². The van der Waals surface area contributed by atoms with Crippen molar-refractivity contribution in [2.24, 2.45) is 0 Å². The molecule has 0 aliphatic heterocycles. The van der Waals surface area contributed by atoms with Gasteiger partial charge in [-0.3, -0.25) is 4.63 Å². The molecule has 1 aromatic heterocycles. The quantitative estimate of drug-likeness (QED) is 0.449. The number of nitrogens with zero attached hydrogens (tertiary/aromatic N) is 2. The third kappa shape index (κ3) is 0.481. The molecule has 0 aromatic carbocycles.